The Morgan fingerprint density at radius 3 is 2.48 bits per heavy atom. The first-order valence-corrected chi connectivity index (χ1v) is 9.15. The summed E-state index contributed by atoms with van der Waals surface area (Å²) in [7, 11) is 0. The Balaban J connectivity index is 1.46. The third-order valence-corrected chi connectivity index (χ3v) is 4.88. The lowest BCUT2D eigenvalue weighted by Crippen LogP contribution is -2.33. The van der Waals surface area contributed by atoms with Gasteiger partial charge in [-0.2, -0.15) is 0 Å². The number of carbonyl (C=O) groups excluding carboxylic acids is 2. The summed E-state index contributed by atoms with van der Waals surface area (Å²) in [6, 6.07) is 20.3. The van der Waals surface area contributed by atoms with Crippen molar-refractivity contribution in [3.8, 4) is 0 Å². The van der Waals surface area contributed by atoms with Gasteiger partial charge in [0.05, 0.1) is 12.1 Å². The molecule has 6 heteroatoms. The molecule has 0 atom stereocenters. The molecule has 0 aliphatic carbocycles. The van der Waals surface area contributed by atoms with Gasteiger partial charge in [0, 0.05) is 20.9 Å². The van der Waals surface area contributed by atoms with E-state index in [9.17, 15) is 9.59 Å². The molecule has 0 saturated carbocycles. The van der Waals surface area contributed by atoms with Crippen LogP contribution in [0.3, 0.4) is 0 Å². The quantitative estimate of drug-likeness (QED) is 0.499. The van der Waals surface area contributed by atoms with Crippen LogP contribution in [-0.4, -0.2) is 18.4 Å². The minimum Gasteiger partial charge on any atom is -0.456 e. The maximum Gasteiger partial charge on any atom is 0.252 e. The summed E-state index contributed by atoms with van der Waals surface area (Å²) in [5, 5.41) is 7.35. The zero-order valence-corrected chi connectivity index (χ0v) is 15.7. The van der Waals surface area contributed by atoms with Gasteiger partial charge in [-0.15, -0.1) is 0 Å². The number of furan rings is 1. The molecule has 4 rings (SSSR count). The molecule has 0 fully saturated rings. The number of benzene rings is 3. The van der Waals surface area contributed by atoms with Crippen molar-refractivity contribution in [3.63, 3.8) is 0 Å². The summed E-state index contributed by atoms with van der Waals surface area (Å²) >= 11 is 3.33. The molecule has 5 nitrogen and oxygen atoms in total. The Hall–Kier alpha value is -3.12. The Bertz CT molecular complexity index is 1170. The molecule has 1 aromatic heterocycles. The van der Waals surface area contributed by atoms with E-state index >= 15 is 0 Å². The van der Waals surface area contributed by atoms with Crippen LogP contribution in [0.15, 0.2) is 75.6 Å². The van der Waals surface area contributed by atoms with E-state index in [1.165, 1.54) is 0 Å². The SMILES string of the molecule is O=C(CNC(=O)c1ccccc1Br)Nc1ccc2oc3ccccc3c2c1. The van der Waals surface area contributed by atoms with Crippen molar-refractivity contribution >= 4 is 55.4 Å². The summed E-state index contributed by atoms with van der Waals surface area (Å²) in [4.78, 5) is 24.4. The second-order valence-electron chi connectivity index (χ2n) is 6.02. The molecule has 0 bridgehead atoms. The number of amides is 2. The first-order valence-electron chi connectivity index (χ1n) is 8.36. The predicted octanol–water partition coefficient (Wildman–Crippen LogP) is 4.72. The van der Waals surface area contributed by atoms with Crippen LogP contribution in [-0.2, 0) is 4.79 Å². The lowest BCUT2D eigenvalue weighted by Gasteiger charge is -2.08. The van der Waals surface area contributed by atoms with Crippen LogP contribution >= 0.6 is 15.9 Å². The minimum absolute atomic E-state index is 0.121. The van der Waals surface area contributed by atoms with Gasteiger partial charge in [0.15, 0.2) is 0 Å². The monoisotopic (exact) mass is 422 g/mol. The topological polar surface area (TPSA) is 71.3 Å². The van der Waals surface area contributed by atoms with Gasteiger partial charge < -0.3 is 15.1 Å². The highest BCUT2D eigenvalue weighted by molar-refractivity contribution is 9.10. The first-order chi connectivity index (χ1) is 13.1. The molecule has 1 heterocycles. The first kappa shape index (κ1) is 17.3. The maximum atomic E-state index is 12.2. The van der Waals surface area contributed by atoms with Gasteiger partial charge in [-0.05, 0) is 52.3 Å². The zero-order chi connectivity index (χ0) is 18.8. The second-order valence-corrected chi connectivity index (χ2v) is 6.87. The molecular weight excluding hydrogens is 408 g/mol. The van der Waals surface area contributed by atoms with E-state index in [4.69, 9.17) is 4.42 Å². The van der Waals surface area contributed by atoms with E-state index in [0.717, 1.165) is 21.9 Å². The molecule has 0 radical (unpaired) electrons. The normalized spacial score (nSPS) is 10.9. The van der Waals surface area contributed by atoms with Gasteiger partial charge in [0.1, 0.15) is 11.2 Å². The van der Waals surface area contributed by atoms with Gasteiger partial charge in [-0.3, -0.25) is 9.59 Å². The molecule has 2 N–H and O–H groups in total. The highest BCUT2D eigenvalue weighted by Gasteiger charge is 2.12. The number of hydrogen-bond donors (Lipinski definition) is 2. The van der Waals surface area contributed by atoms with Crippen molar-refractivity contribution in [1.82, 2.24) is 5.32 Å². The zero-order valence-electron chi connectivity index (χ0n) is 14.2. The van der Waals surface area contributed by atoms with Crippen LogP contribution in [0.2, 0.25) is 0 Å². The van der Waals surface area contributed by atoms with Crippen LogP contribution in [0, 0.1) is 0 Å². The van der Waals surface area contributed by atoms with Crippen LogP contribution in [0.1, 0.15) is 10.4 Å². The van der Waals surface area contributed by atoms with Gasteiger partial charge >= 0.3 is 0 Å². The molecule has 0 unspecified atom stereocenters. The third-order valence-electron chi connectivity index (χ3n) is 4.19. The molecular formula is C21H15BrN2O3. The number of fused-ring (bicyclic) bond motifs is 3. The number of nitrogens with one attached hydrogen (secondary N) is 2. The van der Waals surface area contributed by atoms with E-state index in [-0.39, 0.29) is 18.4 Å². The van der Waals surface area contributed by atoms with Crippen molar-refractivity contribution in [1.29, 1.82) is 0 Å². The summed E-state index contributed by atoms with van der Waals surface area (Å²) in [6.07, 6.45) is 0. The highest BCUT2D eigenvalue weighted by atomic mass is 79.9. The standard InChI is InChI=1S/C21H15BrN2O3/c22-17-7-3-1-6-15(17)21(26)23-12-20(25)24-13-9-10-19-16(11-13)14-5-2-4-8-18(14)27-19/h1-11H,12H2,(H,23,26)(H,24,25). The third kappa shape index (κ3) is 3.57. The average Bonchev–Trinajstić information content (AvgIpc) is 3.04. The molecule has 134 valence electrons. The van der Waals surface area contributed by atoms with Crippen LogP contribution < -0.4 is 10.6 Å². The van der Waals surface area contributed by atoms with E-state index in [0.29, 0.717) is 15.7 Å². The van der Waals surface area contributed by atoms with Crippen LogP contribution in [0.25, 0.3) is 21.9 Å². The highest BCUT2D eigenvalue weighted by Crippen LogP contribution is 2.30. The fourth-order valence-electron chi connectivity index (χ4n) is 2.91. The van der Waals surface area contributed by atoms with Crippen LogP contribution in [0.5, 0.6) is 0 Å². The van der Waals surface area contributed by atoms with Crippen molar-refractivity contribution < 1.29 is 14.0 Å². The molecule has 0 saturated heterocycles. The molecule has 0 spiro atoms. The van der Waals surface area contributed by atoms with Gasteiger partial charge in [0.25, 0.3) is 5.91 Å². The Kier molecular flexibility index (Phi) is 4.64. The molecule has 3 aromatic carbocycles. The van der Waals surface area contributed by atoms with E-state index in [2.05, 4.69) is 26.6 Å². The number of anilines is 1. The summed E-state index contributed by atoms with van der Waals surface area (Å²) in [5.74, 6) is -0.614. The van der Waals surface area contributed by atoms with Crippen molar-refractivity contribution in [2.75, 3.05) is 11.9 Å². The van der Waals surface area contributed by atoms with Crippen LogP contribution in [0.4, 0.5) is 5.69 Å². The fraction of sp³-hybridized carbons (Fsp3) is 0.0476. The van der Waals surface area contributed by atoms with E-state index < -0.39 is 0 Å². The molecule has 27 heavy (non-hydrogen) atoms. The summed E-state index contributed by atoms with van der Waals surface area (Å²) < 4.78 is 6.46. The fourth-order valence-corrected chi connectivity index (χ4v) is 3.37. The Morgan fingerprint density at radius 1 is 0.889 bits per heavy atom. The minimum atomic E-state index is -0.311. The number of carbonyl (C=O) groups is 2. The molecule has 0 aliphatic rings. The molecule has 4 aromatic rings. The number of para-hydroxylation sites is 1. The van der Waals surface area contributed by atoms with Crippen molar-refractivity contribution in [2.45, 2.75) is 0 Å². The number of rotatable bonds is 4. The average molecular weight is 423 g/mol. The maximum absolute atomic E-state index is 12.2. The molecule has 2 amide bonds. The molecule has 0 aliphatic heterocycles. The van der Waals surface area contributed by atoms with Crippen molar-refractivity contribution in [3.05, 3.63) is 76.8 Å². The lowest BCUT2D eigenvalue weighted by atomic mass is 10.1. The Morgan fingerprint density at radius 2 is 1.63 bits per heavy atom. The smallest absolute Gasteiger partial charge is 0.252 e. The van der Waals surface area contributed by atoms with Gasteiger partial charge in [-0.25, -0.2) is 0 Å². The number of halogens is 1. The van der Waals surface area contributed by atoms with E-state index in [1.807, 2.05) is 42.5 Å². The van der Waals surface area contributed by atoms with E-state index in [1.54, 1.807) is 24.3 Å². The Labute approximate surface area is 163 Å². The van der Waals surface area contributed by atoms with Gasteiger partial charge in [0.2, 0.25) is 5.91 Å². The summed E-state index contributed by atoms with van der Waals surface area (Å²) in [5.41, 5.74) is 2.69. The summed E-state index contributed by atoms with van der Waals surface area (Å²) in [6.45, 7) is -0.121. The predicted molar refractivity (Wildman–Crippen MR) is 109 cm³/mol. The van der Waals surface area contributed by atoms with Crippen molar-refractivity contribution in [2.24, 2.45) is 0 Å². The number of hydrogen-bond acceptors (Lipinski definition) is 3. The van der Waals surface area contributed by atoms with Gasteiger partial charge in [-0.1, -0.05) is 30.3 Å². The lowest BCUT2D eigenvalue weighted by molar-refractivity contribution is -0.115. The largest absolute Gasteiger partial charge is 0.456 e. The second kappa shape index (κ2) is 7.25.